The standard InChI is InChI=1S/C16H23NO3S2/c1-11-5-3-4-6-13(11)12(10-21)9-15(18)17-14(16(19)20)7-8-22-2/h3-6,12,14,21H,7-10H2,1-2H3,(H,17,18)(H,19,20)/t12?,14-/m0/s1. The molecule has 22 heavy (non-hydrogen) atoms. The van der Waals surface area contributed by atoms with Gasteiger partial charge in [-0.3, -0.25) is 4.79 Å². The molecule has 0 aliphatic rings. The monoisotopic (exact) mass is 341 g/mol. The number of carboxylic acids is 1. The summed E-state index contributed by atoms with van der Waals surface area (Å²) >= 11 is 5.90. The van der Waals surface area contributed by atoms with E-state index in [4.69, 9.17) is 5.11 Å². The third-order valence-corrected chi connectivity index (χ3v) is 4.61. The largest absolute Gasteiger partial charge is 0.480 e. The molecule has 4 nitrogen and oxygen atoms in total. The van der Waals surface area contributed by atoms with E-state index in [2.05, 4.69) is 17.9 Å². The van der Waals surface area contributed by atoms with Crippen LogP contribution in [0.1, 0.15) is 29.9 Å². The number of carboxylic acid groups (broad SMARTS) is 1. The molecule has 0 aliphatic heterocycles. The molecule has 1 aromatic carbocycles. The molecule has 6 heteroatoms. The molecule has 1 rings (SSSR count). The van der Waals surface area contributed by atoms with Crippen molar-refractivity contribution in [2.24, 2.45) is 0 Å². The van der Waals surface area contributed by atoms with E-state index in [0.717, 1.165) is 11.1 Å². The number of aryl methyl sites for hydroxylation is 1. The van der Waals surface area contributed by atoms with Gasteiger partial charge in [0.2, 0.25) is 5.91 Å². The van der Waals surface area contributed by atoms with E-state index >= 15 is 0 Å². The summed E-state index contributed by atoms with van der Waals surface area (Å²) in [6.45, 7) is 2.00. The minimum absolute atomic E-state index is 0.0143. The second-order valence-corrected chi connectivity index (χ2v) is 6.53. The van der Waals surface area contributed by atoms with Crippen LogP contribution in [0, 0.1) is 6.92 Å². The first kappa shape index (κ1) is 18.9. The van der Waals surface area contributed by atoms with Gasteiger partial charge in [-0.15, -0.1) is 0 Å². The molecule has 1 unspecified atom stereocenters. The molecule has 0 spiro atoms. The van der Waals surface area contributed by atoms with Crippen LogP contribution in [0.5, 0.6) is 0 Å². The molecule has 1 amide bonds. The van der Waals surface area contributed by atoms with Crippen molar-refractivity contribution in [3.8, 4) is 0 Å². The van der Waals surface area contributed by atoms with E-state index in [0.29, 0.717) is 17.9 Å². The zero-order chi connectivity index (χ0) is 16.5. The topological polar surface area (TPSA) is 66.4 Å². The number of thiol groups is 1. The van der Waals surface area contributed by atoms with E-state index in [-0.39, 0.29) is 18.2 Å². The lowest BCUT2D eigenvalue weighted by Crippen LogP contribution is -2.41. The van der Waals surface area contributed by atoms with Gasteiger partial charge in [-0.2, -0.15) is 24.4 Å². The van der Waals surface area contributed by atoms with Gasteiger partial charge >= 0.3 is 5.97 Å². The fourth-order valence-electron chi connectivity index (χ4n) is 2.29. The Morgan fingerprint density at radius 2 is 2.05 bits per heavy atom. The lowest BCUT2D eigenvalue weighted by Gasteiger charge is -2.19. The number of amides is 1. The Morgan fingerprint density at radius 3 is 2.59 bits per heavy atom. The Labute approximate surface area is 141 Å². The number of carbonyl (C=O) groups is 2. The summed E-state index contributed by atoms with van der Waals surface area (Å²) in [6, 6.07) is 7.07. The summed E-state index contributed by atoms with van der Waals surface area (Å²) in [4.78, 5) is 23.3. The van der Waals surface area contributed by atoms with Gasteiger partial charge in [0, 0.05) is 12.3 Å². The predicted octanol–water partition coefficient (Wildman–Crippen LogP) is 2.72. The third-order valence-electron chi connectivity index (χ3n) is 3.52. The lowest BCUT2D eigenvalue weighted by atomic mass is 9.93. The molecule has 0 radical (unpaired) electrons. The number of nitrogens with one attached hydrogen (secondary N) is 1. The maximum Gasteiger partial charge on any atom is 0.326 e. The van der Waals surface area contributed by atoms with Gasteiger partial charge in [-0.05, 0) is 42.2 Å². The number of rotatable bonds is 9. The van der Waals surface area contributed by atoms with Crippen LogP contribution in [-0.4, -0.2) is 40.8 Å². The lowest BCUT2D eigenvalue weighted by molar-refractivity contribution is -0.141. The van der Waals surface area contributed by atoms with Crippen LogP contribution in [0.25, 0.3) is 0 Å². The van der Waals surface area contributed by atoms with Gasteiger partial charge < -0.3 is 10.4 Å². The van der Waals surface area contributed by atoms with Gasteiger partial charge in [0.05, 0.1) is 0 Å². The van der Waals surface area contributed by atoms with Crippen molar-refractivity contribution in [3.05, 3.63) is 35.4 Å². The molecule has 0 bridgehead atoms. The van der Waals surface area contributed by atoms with Crippen molar-refractivity contribution < 1.29 is 14.7 Å². The number of carbonyl (C=O) groups excluding carboxylic acids is 1. The highest BCUT2D eigenvalue weighted by molar-refractivity contribution is 7.98. The highest BCUT2D eigenvalue weighted by atomic mass is 32.2. The van der Waals surface area contributed by atoms with Gasteiger partial charge in [0.15, 0.2) is 0 Å². The number of aliphatic carboxylic acids is 1. The maximum absolute atomic E-state index is 12.2. The summed E-state index contributed by atoms with van der Waals surface area (Å²) in [6.07, 6.45) is 2.59. The van der Waals surface area contributed by atoms with Crippen LogP contribution in [0.4, 0.5) is 0 Å². The zero-order valence-electron chi connectivity index (χ0n) is 12.9. The normalized spacial score (nSPS) is 13.4. The van der Waals surface area contributed by atoms with Gasteiger partial charge in [0.1, 0.15) is 6.04 Å². The average molecular weight is 341 g/mol. The van der Waals surface area contributed by atoms with Gasteiger partial charge in [-0.25, -0.2) is 4.79 Å². The van der Waals surface area contributed by atoms with Crippen molar-refractivity contribution in [1.82, 2.24) is 5.32 Å². The number of hydrogen-bond donors (Lipinski definition) is 3. The van der Waals surface area contributed by atoms with E-state index in [9.17, 15) is 9.59 Å². The van der Waals surface area contributed by atoms with E-state index in [1.807, 2.05) is 37.4 Å². The Bertz CT molecular complexity index is 508. The summed E-state index contributed by atoms with van der Waals surface area (Å²) in [5, 5.41) is 11.8. The summed E-state index contributed by atoms with van der Waals surface area (Å²) in [7, 11) is 0. The molecule has 122 valence electrons. The highest BCUT2D eigenvalue weighted by Gasteiger charge is 2.22. The van der Waals surface area contributed by atoms with Gasteiger partial charge in [-0.1, -0.05) is 24.3 Å². The quantitative estimate of drug-likeness (QED) is 0.604. The first-order valence-electron chi connectivity index (χ1n) is 7.17. The average Bonchev–Trinajstić information content (AvgIpc) is 2.49. The highest BCUT2D eigenvalue weighted by Crippen LogP contribution is 2.24. The number of thioether (sulfide) groups is 1. The second-order valence-electron chi connectivity index (χ2n) is 5.18. The molecule has 0 heterocycles. The molecule has 0 saturated heterocycles. The molecule has 0 aliphatic carbocycles. The summed E-state index contributed by atoms with van der Waals surface area (Å²) < 4.78 is 0. The van der Waals surface area contributed by atoms with E-state index in [1.165, 1.54) is 0 Å². The zero-order valence-corrected chi connectivity index (χ0v) is 14.6. The van der Waals surface area contributed by atoms with Crippen LogP contribution in [0.15, 0.2) is 24.3 Å². The molecule has 0 saturated carbocycles. The number of hydrogen-bond acceptors (Lipinski definition) is 4. The molecule has 2 atom stereocenters. The summed E-state index contributed by atoms with van der Waals surface area (Å²) in [5.74, 6) is 0.00216. The van der Waals surface area contributed by atoms with E-state index < -0.39 is 12.0 Å². The first-order valence-corrected chi connectivity index (χ1v) is 9.19. The van der Waals surface area contributed by atoms with Crippen molar-refractivity contribution in [2.45, 2.75) is 31.7 Å². The fourth-order valence-corrected chi connectivity index (χ4v) is 3.09. The maximum atomic E-state index is 12.2. The van der Waals surface area contributed by atoms with Crippen LogP contribution in [0.2, 0.25) is 0 Å². The fraction of sp³-hybridized carbons (Fsp3) is 0.500. The molecule has 0 fully saturated rings. The SMILES string of the molecule is CSCC[C@H](NC(=O)CC(CS)c1ccccc1C)C(=O)O. The number of benzene rings is 1. The van der Waals surface area contributed by atoms with Crippen molar-refractivity contribution in [2.75, 3.05) is 17.8 Å². The Hall–Kier alpha value is -1.14. The van der Waals surface area contributed by atoms with Crippen molar-refractivity contribution in [3.63, 3.8) is 0 Å². The van der Waals surface area contributed by atoms with Crippen molar-refractivity contribution in [1.29, 1.82) is 0 Å². The molecular formula is C16H23NO3S2. The molecule has 0 aromatic heterocycles. The molecule has 1 aromatic rings. The first-order chi connectivity index (χ1) is 10.5. The minimum Gasteiger partial charge on any atom is -0.480 e. The van der Waals surface area contributed by atoms with Gasteiger partial charge in [0.25, 0.3) is 0 Å². The second kappa shape index (κ2) is 9.79. The van der Waals surface area contributed by atoms with Crippen LogP contribution >= 0.6 is 24.4 Å². The van der Waals surface area contributed by atoms with Crippen molar-refractivity contribution >= 4 is 36.3 Å². The molecular weight excluding hydrogens is 318 g/mol. The Kier molecular flexibility index (Phi) is 8.42. The Morgan fingerprint density at radius 1 is 1.36 bits per heavy atom. The van der Waals surface area contributed by atoms with Crippen LogP contribution in [-0.2, 0) is 9.59 Å². The van der Waals surface area contributed by atoms with Crippen LogP contribution < -0.4 is 5.32 Å². The molecule has 2 N–H and O–H groups in total. The third kappa shape index (κ3) is 5.93. The van der Waals surface area contributed by atoms with E-state index in [1.54, 1.807) is 11.8 Å². The Balaban J connectivity index is 2.68. The predicted molar refractivity (Wildman–Crippen MR) is 95.0 cm³/mol. The van der Waals surface area contributed by atoms with Crippen LogP contribution in [0.3, 0.4) is 0 Å². The summed E-state index contributed by atoms with van der Waals surface area (Å²) in [5.41, 5.74) is 2.20. The minimum atomic E-state index is -0.985. The smallest absolute Gasteiger partial charge is 0.326 e.